The number of aromatic carboxylic acids is 1. The molecule has 0 aromatic heterocycles. The number of rotatable bonds is 1. The minimum Gasteiger partial charge on any atom is -0.507 e. The van der Waals surface area contributed by atoms with Crippen LogP contribution < -0.4 is 0 Å². The maximum absolute atomic E-state index is 10.8. The molecular weight excluding hydrogens is 196 g/mol. The first-order valence-electron chi connectivity index (χ1n) is 4.87. The maximum atomic E-state index is 10.8. The van der Waals surface area contributed by atoms with Crippen molar-refractivity contribution in [3.05, 3.63) is 28.8 Å². The number of benzene rings is 1. The summed E-state index contributed by atoms with van der Waals surface area (Å²) in [5.74, 6) is -1.34. The molecule has 0 saturated heterocycles. The van der Waals surface area contributed by atoms with Crippen LogP contribution in [0.2, 0.25) is 0 Å². The number of carboxylic acids is 1. The number of aromatic hydroxyl groups is 1. The Morgan fingerprint density at radius 2 is 2.13 bits per heavy atom. The lowest BCUT2D eigenvalue weighted by Crippen LogP contribution is -2.11. The Morgan fingerprint density at radius 1 is 1.40 bits per heavy atom. The molecule has 80 valence electrons. The second kappa shape index (κ2) is 3.55. The minimum absolute atomic E-state index is 0.0946. The van der Waals surface area contributed by atoms with Gasteiger partial charge in [-0.25, -0.2) is 4.79 Å². The van der Waals surface area contributed by atoms with Crippen LogP contribution in [0.3, 0.4) is 0 Å². The van der Waals surface area contributed by atoms with Crippen LogP contribution in [0.25, 0.3) is 0 Å². The molecule has 4 nitrogen and oxygen atoms in total. The van der Waals surface area contributed by atoms with Gasteiger partial charge >= 0.3 is 5.97 Å². The number of hydrogen-bond donors (Lipinski definition) is 3. The van der Waals surface area contributed by atoms with Crippen LogP contribution in [-0.4, -0.2) is 21.3 Å². The zero-order chi connectivity index (χ0) is 11.0. The smallest absolute Gasteiger partial charge is 0.339 e. The molecule has 0 bridgehead atoms. The molecule has 0 aliphatic heterocycles. The second-order valence-electron chi connectivity index (χ2n) is 3.74. The lowest BCUT2D eigenvalue weighted by atomic mass is 9.87. The number of aliphatic hydroxyl groups is 1. The summed E-state index contributed by atoms with van der Waals surface area (Å²) in [6, 6.07) is 2.92. The van der Waals surface area contributed by atoms with Crippen LogP contribution in [0.5, 0.6) is 5.75 Å². The van der Waals surface area contributed by atoms with Crippen molar-refractivity contribution < 1.29 is 20.1 Å². The van der Waals surface area contributed by atoms with E-state index in [1.165, 1.54) is 6.07 Å². The molecule has 3 N–H and O–H groups in total. The summed E-state index contributed by atoms with van der Waals surface area (Å²) in [6.45, 7) is 0. The van der Waals surface area contributed by atoms with Crippen molar-refractivity contribution in [2.75, 3.05) is 0 Å². The average Bonchev–Trinajstić information content (AvgIpc) is 2.19. The van der Waals surface area contributed by atoms with E-state index in [-0.39, 0.29) is 11.3 Å². The number of fused-ring (bicyclic) bond motifs is 1. The molecule has 1 aromatic carbocycles. The number of carboxylic acid groups (broad SMARTS) is 1. The fourth-order valence-electron chi connectivity index (χ4n) is 2.03. The van der Waals surface area contributed by atoms with Gasteiger partial charge in [0.05, 0.1) is 6.10 Å². The molecule has 2 rings (SSSR count). The van der Waals surface area contributed by atoms with Crippen LogP contribution in [0.4, 0.5) is 0 Å². The van der Waals surface area contributed by atoms with Crippen LogP contribution in [0, 0.1) is 0 Å². The first kappa shape index (κ1) is 9.98. The van der Waals surface area contributed by atoms with Gasteiger partial charge in [-0.2, -0.15) is 0 Å². The lowest BCUT2D eigenvalue weighted by Gasteiger charge is -2.22. The molecule has 0 saturated carbocycles. The van der Waals surface area contributed by atoms with Crippen molar-refractivity contribution >= 4 is 5.97 Å². The van der Waals surface area contributed by atoms with Gasteiger partial charge in [0.25, 0.3) is 0 Å². The highest BCUT2D eigenvalue weighted by molar-refractivity contribution is 5.91. The van der Waals surface area contributed by atoms with E-state index in [9.17, 15) is 15.0 Å². The van der Waals surface area contributed by atoms with E-state index >= 15 is 0 Å². The van der Waals surface area contributed by atoms with Gasteiger partial charge in [-0.15, -0.1) is 0 Å². The standard InChI is InChI=1S/C11H12O4/c12-9-3-1-2-7-6(9)4-5-8(10(7)13)11(14)15/h4-5,9,12-13H,1-3H2,(H,14,15)/t9-/m0/s1. The van der Waals surface area contributed by atoms with E-state index in [1.54, 1.807) is 6.07 Å². The lowest BCUT2D eigenvalue weighted by molar-refractivity contribution is 0.0692. The molecule has 15 heavy (non-hydrogen) atoms. The topological polar surface area (TPSA) is 77.8 Å². The molecular formula is C11H12O4. The van der Waals surface area contributed by atoms with Crippen LogP contribution in [-0.2, 0) is 6.42 Å². The van der Waals surface area contributed by atoms with E-state index in [2.05, 4.69) is 0 Å². The molecule has 0 unspecified atom stereocenters. The Kier molecular flexibility index (Phi) is 2.36. The van der Waals surface area contributed by atoms with E-state index in [1.807, 2.05) is 0 Å². The van der Waals surface area contributed by atoms with Gasteiger partial charge in [-0.05, 0) is 30.9 Å². The maximum Gasteiger partial charge on any atom is 0.339 e. The van der Waals surface area contributed by atoms with Crippen LogP contribution in [0.1, 0.15) is 40.4 Å². The van der Waals surface area contributed by atoms with Crippen LogP contribution >= 0.6 is 0 Å². The normalized spacial score (nSPS) is 19.7. The van der Waals surface area contributed by atoms with Crippen molar-refractivity contribution in [3.8, 4) is 5.75 Å². The third-order valence-electron chi connectivity index (χ3n) is 2.81. The highest BCUT2D eigenvalue weighted by atomic mass is 16.4. The predicted molar refractivity (Wildman–Crippen MR) is 53.0 cm³/mol. The van der Waals surface area contributed by atoms with Crippen molar-refractivity contribution in [2.45, 2.75) is 25.4 Å². The fraction of sp³-hybridized carbons (Fsp3) is 0.364. The molecule has 1 aromatic rings. The molecule has 1 aliphatic carbocycles. The van der Waals surface area contributed by atoms with Crippen molar-refractivity contribution in [1.82, 2.24) is 0 Å². The Morgan fingerprint density at radius 3 is 2.80 bits per heavy atom. The second-order valence-corrected chi connectivity index (χ2v) is 3.74. The number of carbonyl (C=O) groups is 1. The van der Waals surface area contributed by atoms with Gasteiger partial charge in [0.1, 0.15) is 11.3 Å². The van der Waals surface area contributed by atoms with Crippen molar-refractivity contribution in [2.24, 2.45) is 0 Å². The third-order valence-corrected chi connectivity index (χ3v) is 2.81. The van der Waals surface area contributed by atoms with Gasteiger partial charge in [-0.1, -0.05) is 6.07 Å². The van der Waals surface area contributed by atoms with Gasteiger partial charge in [-0.3, -0.25) is 0 Å². The zero-order valence-corrected chi connectivity index (χ0v) is 8.10. The molecule has 1 aliphatic rings. The summed E-state index contributed by atoms with van der Waals surface area (Å²) in [6.07, 6.45) is 1.48. The van der Waals surface area contributed by atoms with Gasteiger partial charge < -0.3 is 15.3 Å². The molecule has 0 fully saturated rings. The van der Waals surface area contributed by atoms with E-state index < -0.39 is 12.1 Å². The summed E-state index contributed by atoms with van der Waals surface area (Å²) in [5, 5.41) is 28.2. The summed E-state index contributed by atoms with van der Waals surface area (Å²) >= 11 is 0. The van der Waals surface area contributed by atoms with E-state index in [4.69, 9.17) is 5.11 Å². The largest absolute Gasteiger partial charge is 0.507 e. The number of hydrogen-bond acceptors (Lipinski definition) is 3. The first-order valence-corrected chi connectivity index (χ1v) is 4.87. The summed E-state index contributed by atoms with van der Waals surface area (Å²) in [7, 11) is 0. The predicted octanol–water partition coefficient (Wildman–Crippen LogP) is 1.46. The Bertz CT molecular complexity index is 411. The summed E-state index contributed by atoms with van der Waals surface area (Å²) in [5.41, 5.74) is 1.14. The molecule has 1 atom stereocenters. The van der Waals surface area contributed by atoms with Crippen LogP contribution in [0.15, 0.2) is 12.1 Å². The SMILES string of the molecule is O=C(O)c1ccc2c(c1O)CCC[C@@H]2O. The van der Waals surface area contributed by atoms with Crippen molar-refractivity contribution in [3.63, 3.8) is 0 Å². The third kappa shape index (κ3) is 1.57. The van der Waals surface area contributed by atoms with Gasteiger partial charge in [0, 0.05) is 5.56 Å². The van der Waals surface area contributed by atoms with Crippen molar-refractivity contribution in [1.29, 1.82) is 0 Å². The van der Waals surface area contributed by atoms with E-state index in [0.29, 0.717) is 24.0 Å². The Balaban J connectivity index is 2.57. The monoisotopic (exact) mass is 208 g/mol. The number of aliphatic hydroxyl groups excluding tert-OH is 1. The molecule has 4 heteroatoms. The zero-order valence-electron chi connectivity index (χ0n) is 8.10. The minimum atomic E-state index is -1.14. The van der Waals surface area contributed by atoms with Gasteiger partial charge in [0.2, 0.25) is 0 Å². The highest BCUT2D eigenvalue weighted by Crippen LogP contribution is 2.36. The number of phenols is 1. The van der Waals surface area contributed by atoms with Gasteiger partial charge in [0.15, 0.2) is 0 Å². The summed E-state index contributed by atoms with van der Waals surface area (Å²) < 4.78 is 0. The fourth-order valence-corrected chi connectivity index (χ4v) is 2.03. The molecule has 0 amide bonds. The molecule has 0 heterocycles. The molecule has 0 radical (unpaired) electrons. The average molecular weight is 208 g/mol. The quantitative estimate of drug-likeness (QED) is 0.653. The molecule has 0 spiro atoms. The first-order chi connectivity index (χ1) is 7.11. The van der Waals surface area contributed by atoms with E-state index in [0.717, 1.165) is 6.42 Å². The highest BCUT2D eigenvalue weighted by Gasteiger charge is 2.23. The summed E-state index contributed by atoms with van der Waals surface area (Å²) in [4.78, 5) is 10.8. The Labute approximate surface area is 86.8 Å². The Hall–Kier alpha value is -1.55.